The van der Waals surface area contributed by atoms with Crippen molar-refractivity contribution < 1.29 is 18.3 Å². The summed E-state index contributed by atoms with van der Waals surface area (Å²) in [6.07, 6.45) is 6.02. The van der Waals surface area contributed by atoms with Crippen LogP contribution >= 0.6 is 0 Å². The summed E-state index contributed by atoms with van der Waals surface area (Å²) in [5.74, 6) is -1.20. The van der Waals surface area contributed by atoms with Crippen molar-refractivity contribution >= 4 is 22.8 Å². The number of aromatic nitrogens is 5. The maximum absolute atomic E-state index is 14.6. The number of fused-ring (bicyclic) bond motifs is 4. The van der Waals surface area contributed by atoms with Gasteiger partial charge in [0.15, 0.2) is 23.1 Å². The number of nitrogens with one attached hydrogen (secondary N) is 2. The van der Waals surface area contributed by atoms with Gasteiger partial charge in [-0.25, -0.2) is 23.7 Å². The van der Waals surface area contributed by atoms with Gasteiger partial charge in [0.25, 0.3) is 0 Å². The Hall–Kier alpha value is -3.17. The first-order chi connectivity index (χ1) is 14.5. The summed E-state index contributed by atoms with van der Waals surface area (Å²) in [7, 11) is 1.38. The topological polar surface area (TPSA) is 106 Å². The number of nitrogens with zero attached hydrogens (tertiary/aromatic N) is 4. The standard InChI is InChI=1S/C20H20F2N6O2/c1-30-20(29)14-9-2-4-10(5-3-9)15(14)25-18-13(22)8-24-19(26-18)16-12-6-11(21)7-23-17(12)28-27-16/h6-10,14-15H,2-5H2,1H3,(H,23,27,28)(H,24,25,26)/t9?,10?,14-,15?/m0/s1. The molecule has 1 unspecified atom stereocenters. The summed E-state index contributed by atoms with van der Waals surface area (Å²) in [6, 6.07) is 1.01. The van der Waals surface area contributed by atoms with E-state index >= 15 is 0 Å². The zero-order valence-electron chi connectivity index (χ0n) is 16.2. The molecule has 3 aliphatic carbocycles. The number of anilines is 1. The second-order valence-corrected chi connectivity index (χ2v) is 7.91. The molecule has 0 amide bonds. The van der Waals surface area contributed by atoms with Crippen molar-refractivity contribution in [2.75, 3.05) is 12.4 Å². The quantitative estimate of drug-likeness (QED) is 0.632. The largest absolute Gasteiger partial charge is 0.469 e. The number of H-pyrrole nitrogens is 1. The Morgan fingerprint density at radius 1 is 1.17 bits per heavy atom. The van der Waals surface area contributed by atoms with E-state index in [-0.39, 0.29) is 47.1 Å². The number of ether oxygens (including phenoxy) is 1. The molecule has 2 atom stereocenters. The fourth-order valence-corrected chi connectivity index (χ4v) is 4.92. The van der Waals surface area contributed by atoms with Gasteiger partial charge in [-0.2, -0.15) is 5.10 Å². The monoisotopic (exact) mass is 414 g/mol. The average Bonchev–Trinajstić information content (AvgIpc) is 3.18. The molecule has 8 nitrogen and oxygen atoms in total. The number of esters is 1. The number of hydrogen-bond acceptors (Lipinski definition) is 7. The third-order valence-corrected chi connectivity index (χ3v) is 6.33. The predicted octanol–water partition coefficient (Wildman–Crippen LogP) is 3.08. The Balaban J connectivity index is 1.50. The van der Waals surface area contributed by atoms with Crippen LogP contribution < -0.4 is 5.32 Å². The SMILES string of the molecule is COC(=O)[C@H]1C2CCC(CC2)C1Nc1nc(-c2n[nH]c3ncc(F)cc23)ncc1F. The van der Waals surface area contributed by atoms with E-state index in [1.807, 2.05) is 0 Å². The van der Waals surface area contributed by atoms with Crippen LogP contribution in [0.5, 0.6) is 0 Å². The summed E-state index contributed by atoms with van der Waals surface area (Å²) in [4.78, 5) is 24.7. The Morgan fingerprint density at radius 3 is 2.70 bits per heavy atom. The second-order valence-electron chi connectivity index (χ2n) is 7.91. The molecule has 30 heavy (non-hydrogen) atoms. The number of carbonyl (C=O) groups is 1. The van der Waals surface area contributed by atoms with E-state index in [0.29, 0.717) is 11.0 Å². The summed E-state index contributed by atoms with van der Waals surface area (Å²) < 4.78 is 33.3. The molecule has 2 bridgehead atoms. The minimum Gasteiger partial charge on any atom is -0.469 e. The molecule has 0 saturated heterocycles. The van der Waals surface area contributed by atoms with E-state index in [1.54, 1.807) is 0 Å². The van der Waals surface area contributed by atoms with Crippen LogP contribution in [0.25, 0.3) is 22.6 Å². The van der Waals surface area contributed by atoms with Gasteiger partial charge in [-0.15, -0.1) is 0 Å². The normalized spacial score (nSPS) is 25.4. The lowest BCUT2D eigenvalue weighted by Crippen LogP contribution is -2.52. The van der Waals surface area contributed by atoms with E-state index in [0.717, 1.165) is 38.1 Å². The molecule has 10 heteroatoms. The van der Waals surface area contributed by atoms with Gasteiger partial charge in [-0.05, 0) is 43.6 Å². The zero-order chi connectivity index (χ0) is 20.8. The van der Waals surface area contributed by atoms with Crippen LogP contribution in [0.1, 0.15) is 25.7 Å². The first-order valence-electron chi connectivity index (χ1n) is 9.92. The van der Waals surface area contributed by atoms with Crippen molar-refractivity contribution in [1.29, 1.82) is 0 Å². The van der Waals surface area contributed by atoms with Crippen LogP contribution in [0.15, 0.2) is 18.5 Å². The maximum atomic E-state index is 14.6. The Bertz CT molecular complexity index is 1110. The van der Waals surface area contributed by atoms with Crippen molar-refractivity contribution in [2.45, 2.75) is 31.7 Å². The molecule has 6 rings (SSSR count). The summed E-state index contributed by atoms with van der Waals surface area (Å²) >= 11 is 0. The van der Waals surface area contributed by atoms with E-state index in [1.165, 1.54) is 13.2 Å². The summed E-state index contributed by atoms with van der Waals surface area (Å²) in [6.45, 7) is 0. The smallest absolute Gasteiger partial charge is 0.311 e. The Morgan fingerprint density at radius 2 is 1.93 bits per heavy atom. The maximum Gasteiger partial charge on any atom is 0.311 e. The minimum atomic E-state index is -0.632. The average molecular weight is 414 g/mol. The highest BCUT2D eigenvalue weighted by Crippen LogP contribution is 2.46. The number of aromatic amines is 1. The fraction of sp³-hybridized carbons (Fsp3) is 0.450. The molecule has 0 radical (unpaired) electrons. The second kappa shape index (κ2) is 7.26. The molecule has 0 aliphatic heterocycles. The van der Waals surface area contributed by atoms with Crippen molar-refractivity contribution in [3.63, 3.8) is 0 Å². The molecule has 3 aliphatic rings. The van der Waals surface area contributed by atoms with Gasteiger partial charge in [-0.1, -0.05) is 0 Å². The first kappa shape index (κ1) is 18.8. The molecule has 0 aromatic carbocycles. The van der Waals surface area contributed by atoms with Crippen molar-refractivity contribution in [2.24, 2.45) is 17.8 Å². The highest BCUT2D eigenvalue weighted by Gasteiger charge is 2.48. The molecule has 2 N–H and O–H groups in total. The Kier molecular flexibility index (Phi) is 4.56. The van der Waals surface area contributed by atoms with Gasteiger partial charge in [0.1, 0.15) is 11.5 Å². The van der Waals surface area contributed by atoms with Crippen LogP contribution in [0.2, 0.25) is 0 Å². The van der Waals surface area contributed by atoms with Crippen LogP contribution in [-0.4, -0.2) is 44.3 Å². The lowest BCUT2D eigenvalue weighted by molar-refractivity contribution is -0.152. The van der Waals surface area contributed by atoms with Crippen molar-refractivity contribution in [1.82, 2.24) is 25.1 Å². The predicted molar refractivity (Wildman–Crippen MR) is 103 cm³/mol. The lowest BCUT2D eigenvalue weighted by Gasteiger charge is -2.47. The summed E-state index contributed by atoms with van der Waals surface area (Å²) in [5, 5.41) is 10.4. The van der Waals surface area contributed by atoms with E-state index in [4.69, 9.17) is 4.74 Å². The molecule has 3 saturated carbocycles. The molecule has 3 aromatic rings. The minimum absolute atomic E-state index is 0.00744. The first-order valence-corrected chi connectivity index (χ1v) is 9.92. The molecule has 3 aromatic heterocycles. The number of methoxy groups -OCH3 is 1. The van der Waals surface area contributed by atoms with Gasteiger partial charge in [0, 0.05) is 6.04 Å². The van der Waals surface area contributed by atoms with E-state index < -0.39 is 11.6 Å². The van der Waals surface area contributed by atoms with Crippen LogP contribution in [0.3, 0.4) is 0 Å². The molecular formula is C20H20F2N6O2. The van der Waals surface area contributed by atoms with Crippen LogP contribution in [0, 0.1) is 29.4 Å². The highest BCUT2D eigenvalue weighted by molar-refractivity contribution is 5.88. The van der Waals surface area contributed by atoms with E-state index in [9.17, 15) is 13.6 Å². The van der Waals surface area contributed by atoms with Gasteiger partial charge >= 0.3 is 5.97 Å². The molecular weight excluding hydrogens is 394 g/mol. The molecule has 3 fully saturated rings. The Labute approximate surface area is 170 Å². The number of pyridine rings is 1. The van der Waals surface area contributed by atoms with Crippen LogP contribution in [-0.2, 0) is 9.53 Å². The number of carbonyl (C=O) groups excluding carboxylic acids is 1. The highest BCUT2D eigenvalue weighted by atomic mass is 19.1. The molecule has 3 heterocycles. The van der Waals surface area contributed by atoms with Crippen molar-refractivity contribution in [3.8, 4) is 11.5 Å². The molecule has 0 spiro atoms. The van der Waals surface area contributed by atoms with Gasteiger partial charge in [0.05, 0.1) is 30.8 Å². The third kappa shape index (κ3) is 3.06. The van der Waals surface area contributed by atoms with Gasteiger partial charge < -0.3 is 10.1 Å². The zero-order valence-corrected chi connectivity index (χ0v) is 16.2. The van der Waals surface area contributed by atoms with Gasteiger partial charge in [-0.3, -0.25) is 9.89 Å². The number of rotatable bonds is 4. The summed E-state index contributed by atoms with van der Waals surface area (Å²) in [5.41, 5.74) is 0.652. The van der Waals surface area contributed by atoms with Crippen molar-refractivity contribution in [3.05, 3.63) is 30.1 Å². The number of hydrogen-bond donors (Lipinski definition) is 2. The van der Waals surface area contributed by atoms with Crippen LogP contribution in [0.4, 0.5) is 14.6 Å². The lowest BCUT2D eigenvalue weighted by atomic mass is 9.61. The fourth-order valence-electron chi connectivity index (χ4n) is 4.92. The number of halogens is 2. The van der Waals surface area contributed by atoms with Gasteiger partial charge in [0.2, 0.25) is 0 Å². The molecule has 156 valence electrons. The third-order valence-electron chi connectivity index (χ3n) is 6.33. The van der Waals surface area contributed by atoms with E-state index in [2.05, 4.69) is 30.5 Å².